The number of rotatable bonds is 4. The van der Waals surface area contributed by atoms with Gasteiger partial charge < -0.3 is 0 Å². The molecule has 0 saturated heterocycles. The van der Waals surface area contributed by atoms with E-state index in [9.17, 15) is 9.18 Å². The van der Waals surface area contributed by atoms with Crippen LogP contribution in [0.3, 0.4) is 0 Å². The van der Waals surface area contributed by atoms with Crippen LogP contribution in [0.2, 0.25) is 0 Å². The van der Waals surface area contributed by atoms with E-state index in [1.807, 2.05) is 6.92 Å². The average molecular weight is 235 g/mol. The van der Waals surface area contributed by atoms with Crippen LogP contribution in [0, 0.1) is 5.82 Å². The SMILES string of the molecule is CCCCn1cnn(-c2ccccc2F)c1=O. The Bertz CT molecular complexity index is 559. The van der Waals surface area contributed by atoms with Gasteiger partial charge in [-0.1, -0.05) is 25.5 Å². The number of hydrogen-bond acceptors (Lipinski definition) is 2. The summed E-state index contributed by atoms with van der Waals surface area (Å²) in [5.41, 5.74) is -0.115. The zero-order chi connectivity index (χ0) is 12.3. The van der Waals surface area contributed by atoms with Gasteiger partial charge in [-0.05, 0) is 18.6 Å². The molecule has 0 spiro atoms. The Morgan fingerprint density at radius 3 is 2.82 bits per heavy atom. The molecule has 1 aromatic heterocycles. The minimum Gasteiger partial charge on any atom is -0.281 e. The van der Waals surface area contributed by atoms with Crippen LogP contribution in [0.1, 0.15) is 19.8 Å². The van der Waals surface area contributed by atoms with Gasteiger partial charge in [-0.15, -0.1) is 0 Å². The average Bonchev–Trinajstić information content (AvgIpc) is 2.69. The second-order valence-corrected chi connectivity index (χ2v) is 3.82. The van der Waals surface area contributed by atoms with Gasteiger partial charge in [0.25, 0.3) is 0 Å². The smallest absolute Gasteiger partial charge is 0.281 e. The first-order valence-electron chi connectivity index (χ1n) is 5.63. The molecule has 0 atom stereocenters. The fraction of sp³-hybridized carbons (Fsp3) is 0.333. The third-order valence-corrected chi connectivity index (χ3v) is 2.57. The van der Waals surface area contributed by atoms with Crippen LogP contribution in [0.4, 0.5) is 4.39 Å². The molecule has 0 saturated carbocycles. The van der Waals surface area contributed by atoms with Crippen LogP contribution in [0.15, 0.2) is 35.4 Å². The van der Waals surface area contributed by atoms with Gasteiger partial charge in [0.1, 0.15) is 17.8 Å². The van der Waals surface area contributed by atoms with Crippen LogP contribution in [0.5, 0.6) is 0 Å². The first-order chi connectivity index (χ1) is 8.24. The Kier molecular flexibility index (Phi) is 3.37. The van der Waals surface area contributed by atoms with E-state index in [1.54, 1.807) is 12.1 Å². The quantitative estimate of drug-likeness (QED) is 0.812. The summed E-state index contributed by atoms with van der Waals surface area (Å²) in [6.07, 6.45) is 3.35. The van der Waals surface area contributed by atoms with Crippen molar-refractivity contribution in [2.75, 3.05) is 0 Å². The molecule has 0 fully saturated rings. The van der Waals surface area contributed by atoms with Gasteiger partial charge in [-0.25, -0.2) is 9.18 Å². The first kappa shape index (κ1) is 11.6. The lowest BCUT2D eigenvalue weighted by Gasteiger charge is -2.00. The molecule has 2 aromatic rings. The lowest BCUT2D eigenvalue weighted by atomic mass is 10.3. The predicted octanol–water partition coefficient (Wildman–Crippen LogP) is 1.97. The highest BCUT2D eigenvalue weighted by molar-refractivity contribution is 5.31. The fourth-order valence-corrected chi connectivity index (χ4v) is 1.60. The van der Waals surface area contributed by atoms with E-state index < -0.39 is 5.82 Å². The first-order valence-corrected chi connectivity index (χ1v) is 5.63. The van der Waals surface area contributed by atoms with Gasteiger partial charge in [0.05, 0.1) is 0 Å². The second kappa shape index (κ2) is 4.95. The number of aryl methyl sites for hydroxylation is 1. The summed E-state index contributed by atoms with van der Waals surface area (Å²) in [6, 6.07) is 6.11. The maximum Gasteiger partial charge on any atom is 0.350 e. The number of aromatic nitrogens is 3. The molecule has 0 amide bonds. The Hall–Kier alpha value is -1.91. The minimum absolute atomic E-state index is 0.188. The van der Waals surface area contributed by atoms with Crippen molar-refractivity contribution >= 4 is 0 Å². The molecule has 0 aliphatic carbocycles. The molecule has 17 heavy (non-hydrogen) atoms. The van der Waals surface area contributed by atoms with E-state index >= 15 is 0 Å². The highest BCUT2D eigenvalue weighted by Crippen LogP contribution is 2.08. The highest BCUT2D eigenvalue weighted by atomic mass is 19.1. The number of para-hydroxylation sites is 1. The maximum atomic E-state index is 13.5. The molecular weight excluding hydrogens is 221 g/mol. The summed E-state index contributed by atoms with van der Waals surface area (Å²) < 4.78 is 16.1. The van der Waals surface area contributed by atoms with Crippen LogP contribution in [0.25, 0.3) is 5.69 Å². The Balaban J connectivity index is 2.38. The molecule has 4 nitrogen and oxygen atoms in total. The van der Waals surface area contributed by atoms with Crippen LogP contribution < -0.4 is 5.69 Å². The number of halogens is 1. The van der Waals surface area contributed by atoms with Gasteiger partial charge in [0.2, 0.25) is 0 Å². The van der Waals surface area contributed by atoms with Crippen molar-refractivity contribution in [3.05, 3.63) is 46.9 Å². The molecule has 1 heterocycles. The molecule has 0 aliphatic heterocycles. The van der Waals surface area contributed by atoms with E-state index in [0.29, 0.717) is 6.54 Å². The summed E-state index contributed by atoms with van der Waals surface area (Å²) in [4.78, 5) is 11.9. The summed E-state index contributed by atoms with van der Waals surface area (Å²) in [5, 5.41) is 3.93. The monoisotopic (exact) mass is 235 g/mol. The Labute approximate surface area is 98.3 Å². The molecule has 5 heteroatoms. The fourth-order valence-electron chi connectivity index (χ4n) is 1.60. The van der Waals surface area contributed by atoms with E-state index in [4.69, 9.17) is 0 Å². The molecule has 90 valence electrons. The van der Waals surface area contributed by atoms with Crippen molar-refractivity contribution in [1.29, 1.82) is 0 Å². The van der Waals surface area contributed by atoms with Crippen molar-refractivity contribution in [2.45, 2.75) is 26.3 Å². The van der Waals surface area contributed by atoms with Gasteiger partial charge in [0, 0.05) is 6.54 Å². The zero-order valence-electron chi connectivity index (χ0n) is 9.64. The summed E-state index contributed by atoms with van der Waals surface area (Å²) in [7, 11) is 0. The summed E-state index contributed by atoms with van der Waals surface area (Å²) in [6.45, 7) is 2.66. The predicted molar refractivity (Wildman–Crippen MR) is 62.7 cm³/mol. The molecule has 0 bridgehead atoms. The number of unbranched alkanes of at least 4 members (excludes halogenated alkanes) is 1. The molecule has 0 unspecified atom stereocenters. The van der Waals surface area contributed by atoms with Crippen LogP contribution >= 0.6 is 0 Å². The van der Waals surface area contributed by atoms with Crippen molar-refractivity contribution in [2.24, 2.45) is 0 Å². The lowest BCUT2D eigenvalue weighted by molar-refractivity contribution is 0.592. The minimum atomic E-state index is -0.449. The van der Waals surface area contributed by atoms with E-state index in [2.05, 4.69) is 5.10 Å². The Morgan fingerprint density at radius 1 is 1.35 bits per heavy atom. The third kappa shape index (κ3) is 2.27. The molecule has 1 aromatic carbocycles. The zero-order valence-corrected chi connectivity index (χ0v) is 9.64. The van der Waals surface area contributed by atoms with Crippen molar-refractivity contribution in [3.63, 3.8) is 0 Å². The van der Waals surface area contributed by atoms with E-state index in [0.717, 1.165) is 17.5 Å². The third-order valence-electron chi connectivity index (χ3n) is 2.57. The van der Waals surface area contributed by atoms with Gasteiger partial charge in [-0.3, -0.25) is 4.57 Å². The van der Waals surface area contributed by atoms with Gasteiger partial charge in [0.15, 0.2) is 0 Å². The van der Waals surface area contributed by atoms with E-state index in [1.165, 1.54) is 23.0 Å². The Morgan fingerprint density at radius 2 is 2.12 bits per heavy atom. The van der Waals surface area contributed by atoms with Crippen LogP contribution in [-0.4, -0.2) is 14.3 Å². The summed E-state index contributed by atoms with van der Waals surface area (Å²) in [5.74, 6) is -0.449. The van der Waals surface area contributed by atoms with Crippen LogP contribution in [-0.2, 0) is 6.54 Å². The topological polar surface area (TPSA) is 39.8 Å². The largest absolute Gasteiger partial charge is 0.350 e. The number of hydrogen-bond donors (Lipinski definition) is 0. The number of benzene rings is 1. The van der Waals surface area contributed by atoms with Crippen molar-refractivity contribution < 1.29 is 4.39 Å². The maximum absolute atomic E-state index is 13.5. The highest BCUT2D eigenvalue weighted by Gasteiger charge is 2.09. The molecule has 0 radical (unpaired) electrons. The normalized spacial score (nSPS) is 10.7. The van der Waals surface area contributed by atoms with E-state index in [-0.39, 0.29) is 11.4 Å². The molecule has 0 aliphatic rings. The number of nitrogens with zero attached hydrogens (tertiary/aromatic N) is 3. The molecule has 0 N–H and O–H groups in total. The standard InChI is InChI=1S/C12H14FN3O/c1-2-3-8-15-9-14-16(12(15)17)11-7-5-4-6-10(11)13/h4-7,9H,2-3,8H2,1H3. The summed E-state index contributed by atoms with van der Waals surface area (Å²) >= 11 is 0. The second-order valence-electron chi connectivity index (χ2n) is 3.82. The molecule has 2 rings (SSSR count). The molecular formula is C12H14FN3O. The van der Waals surface area contributed by atoms with Crippen molar-refractivity contribution in [3.8, 4) is 5.69 Å². The lowest BCUT2D eigenvalue weighted by Crippen LogP contribution is -2.24. The van der Waals surface area contributed by atoms with Crippen molar-refractivity contribution in [1.82, 2.24) is 14.3 Å². The van der Waals surface area contributed by atoms with Gasteiger partial charge >= 0.3 is 5.69 Å². The van der Waals surface area contributed by atoms with Gasteiger partial charge in [-0.2, -0.15) is 9.78 Å².